The molecular weight excluding hydrogens is 352 g/mol. The highest BCUT2D eigenvalue weighted by Crippen LogP contribution is 2.27. The molecule has 1 amide bonds. The van der Waals surface area contributed by atoms with Crippen molar-refractivity contribution in [1.29, 1.82) is 0 Å². The zero-order valence-corrected chi connectivity index (χ0v) is 16.2. The van der Waals surface area contributed by atoms with Gasteiger partial charge in [-0.2, -0.15) is 8.42 Å². The SMILES string of the molecule is CC(=O)N1CCN(c2ccc(OS(=O)(=O)CC3CCCCC3)cc2)CC1. The Bertz CT molecular complexity index is 704. The molecule has 0 N–H and O–H groups in total. The molecular formula is C19H28N2O4S. The molecule has 1 aliphatic carbocycles. The van der Waals surface area contributed by atoms with Crippen LogP contribution in [-0.2, 0) is 14.9 Å². The second-order valence-corrected chi connectivity index (χ2v) is 8.91. The molecule has 2 aliphatic rings. The Labute approximate surface area is 156 Å². The van der Waals surface area contributed by atoms with E-state index >= 15 is 0 Å². The smallest absolute Gasteiger partial charge is 0.309 e. The average molecular weight is 381 g/mol. The molecule has 0 spiro atoms. The number of carbonyl (C=O) groups is 1. The van der Waals surface area contributed by atoms with Gasteiger partial charge in [-0.05, 0) is 43.0 Å². The van der Waals surface area contributed by atoms with Gasteiger partial charge in [0.25, 0.3) is 0 Å². The van der Waals surface area contributed by atoms with E-state index in [1.165, 1.54) is 6.42 Å². The molecule has 7 heteroatoms. The summed E-state index contributed by atoms with van der Waals surface area (Å²) in [6, 6.07) is 7.19. The summed E-state index contributed by atoms with van der Waals surface area (Å²) in [7, 11) is -3.55. The van der Waals surface area contributed by atoms with Crippen molar-refractivity contribution in [1.82, 2.24) is 4.90 Å². The van der Waals surface area contributed by atoms with Crippen molar-refractivity contribution in [2.75, 3.05) is 36.8 Å². The van der Waals surface area contributed by atoms with Crippen LogP contribution in [0.25, 0.3) is 0 Å². The number of anilines is 1. The quantitative estimate of drug-likeness (QED) is 0.735. The van der Waals surface area contributed by atoms with Crippen molar-refractivity contribution in [3.05, 3.63) is 24.3 Å². The zero-order chi connectivity index (χ0) is 18.6. The van der Waals surface area contributed by atoms with Gasteiger partial charge in [0.2, 0.25) is 5.91 Å². The van der Waals surface area contributed by atoms with Crippen LogP contribution in [-0.4, -0.2) is 51.2 Å². The predicted octanol–water partition coefficient (Wildman–Crippen LogP) is 2.64. The van der Waals surface area contributed by atoms with Crippen LogP contribution < -0.4 is 9.08 Å². The molecule has 1 heterocycles. The molecule has 144 valence electrons. The first-order valence-electron chi connectivity index (χ1n) is 9.46. The van der Waals surface area contributed by atoms with E-state index in [0.29, 0.717) is 18.8 Å². The van der Waals surface area contributed by atoms with E-state index in [1.807, 2.05) is 17.0 Å². The third-order valence-corrected chi connectivity index (χ3v) is 6.64. The fourth-order valence-corrected chi connectivity index (χ4v) is 5.20. The first-order chi connectivity index (χ1) is 12.4. The van der Waals surface area contributed by atoms with E-state index in [2.05, 4.69) is 4.90 Å². The predicted molar refractivity (Wildman–Crippen MR) is 102 cm³/mol. The van der Waals surface area contributed by atoms with Crippen molar-refractivity contribution >= 4 is 21.7 Å². The van der Waals surface area contributed by atoms with Gasteiger partial charge in [0, 0.05) is 38.8 Å². The fourth-order valence-electron chi connectivity index (χ4n) is 3.82. The minimum atomic E-state index is -3.55. The largest absolute Gasteiger partial charge is 0.382 e. The Balaban J connectivity index is 1.55. The maximum absolute atomic E-state index is 12.3. The summed E-state index contributed by atoms with van der Waals surface area (Å²) in [5.41, 5.74) is 1.02. The summed E-state index contributed by atoms with van der Waals surface area (Å²) < 4.78 is 29.9. The van der Waals surface area contributed by atoms with E-state index in [1.54, 1.807) is 19.1 Å². The summed E-state index contributed by atoms with van der Waals surface area (Å²) in [6.07, 6.45) is 5.40. The van der Waals surface area contributed by atoms with Crippen LogP contribution >= 0.6 is 0 Å². The second-order valence-electron chi connectivity index (χ2n) is 7.30. The minimum absolute atomic E-state index is 0.108. The highest BCUT2D eigenvalue weighted by Gasteiger charge is 2.23. The summed E-state index contributed by atoms with van der Waals surface area (Å²) in [6.45, 7) is 4.57. The van der Waals surface area contributed by atoms with Crippen LogP contribution in [0.1, 0.15) is 39.0 Å². The molecule has 1 saturated carbocycles. The summed E-state index contributed by atoms with van der Waals surface area (Å²) in [5.74, 6) is 0.816. The van der Waals surface area contributed by atoms with E-state index < -0.39 is 10.1 Å². The van der Waals surface area contributed by atoms with Crippen LogP contribution in [0.2, 0.25) is 0 Å². The first kappa shape index (κ1) is 19.0. The number of benzene rings is 1. The number of nitrogens with zero attached hydrogens (tertiary/aromatic N) is 2. The third-order valence-electron chi connectivity index (χ3n) is 5.31. The molecule has 0 aromatic heterocycles. The number of carbonyl (C=O) groups excluding carboxylic acids is 1. The van der Waals surface area contributed by atoms with Crippen molar-refractivity contribution in [3.63, 3.8) is 0 Å². The van der Waals surface area contributed by atoms with E-state index in [4.69, 9.17) is 4.18 Å². The lowest BCUT2D eigenvalue weighted by Crippen LogP contribution is -2.48. The average Bonchev–Trinajstić information content (AvgIpc) is 2.62. The van der Waals surface area contributed by atoms with Gasteiger partial charge in [-0.3, -0.25) is 4.79 Å². The lowest BCUT2D eigenvalue weighted by molar-refractivity contribution is -0.129. The van der Waals surface area contributed by atoms with Crippen LogP contribution in [0.3, 0.4) is 0 Å². The monoisotopic (exact) mass is 380 g/mol. The molecule has 3 rings (SSSR count). The molecule has 0 bridgehead atoms. The number of hydrogen-bond acceptors (Lipinski definition) is 5. The molecule has 2 fully saturated rings. The molecule has 0 unspecified atom stereocenters. The maximum atomic E-state index is 12.3. The Hall–Kier alpha value is -1.76. The lowest BCUT2D eigenvalue weighted by atomic mass is 9.91. The van der Waals surface area contributed by atoms with E-state index in [9.17, 15) is 13.2 Å². The Morgan fingerprint density at radius 1 is 1.04 bits per heavy atom. The highest BCUT2D eigenvalue weighted by molar-refractivity contribution is 7.87. The van der Waals surface area contributed by atoms with E-state index in [0.717, 1.165) is 44.5 Å². The molecule has 6 nitrogen and oxygen atoms in total. The van der Waals surface area contributed by atoms with Gasteiger partial charge in [-0.15, -0.1) is 0 Å². The van der Waals surface area contributed by atoms with Gasteiger partial charge in [-0.25, -0.2) is 0 Å². The molecule has 1 aromatic carbocycles. The topological polar surface area (TPSA) is 66.9 Å². The second kappa shape index (κ2) is 8.29. The van der Waals surface area contributed by atoms with Gasteiger partial charge < -0.3 is 14.0 Å². The molecule has 26 heavy (non-hydrogen) atoms. The minimum Gasteiger partial charge on any atom is -0.382 e. The summed E-state index contributed by atoms with van der Waals surface area (Å²) >= 11 is 0. The zero-order valence-electron chi connectivity index (χ0n) is 15.4. The lowest BCUT2D eigenvalue weighted by Gasteiger charge is -2.35. The van der Waals surface area contributed by atoms with Crippen molar-refractivity contribution in [2.24, 2.45) is 5.92 Å². The van der Waals surface area contributed by atoms with Crippen LogP contribution in [0.4, 0.5) is 5.69 Å². The third kappa shape index (κ3) is 5.13. The molecule has 1 aliphatic heterocycles. The van der Waals surface area contributed by atoms with Gasteiger partial charge in [0.05, 0.1) is 5.75 Å². The standard InChI is InChI=1S/C19H28N2O4S/c1-16(22)20-11-13-21(14-12-20)18-7-9-19(10-8-18)25-26(23,24)15-17-5-3-2-4-6-17/h7-10,17H,2-6,11-15H2,1H3. The van der Waals surface area contributed by atoms with Gasteiger partial charge in [0.1, 0.15) is 5.75 Å². The van der Waals surface area contributed by atoms with Gasteiger partial charge >= 0.3 is 10.1 Å². The number of hydrogen-bond donors (Lipinski definition) is 0. The van der Waals surface area contributed by atoms with Crippen LogP contribution in [0.5, 0.6) is 5.75 Å². The van der Waals surface area contributed by atoms with Crippen LogP contribution in [0, 0.1) is 5.92 Å². The molecule has 0 atom stereocenters. The van der Waals surface area contributed by atoms with Crippen molar-refractivity contribution in [3.8, 4) is 5.75 Å². The maximum Gasteiger partial charge on any atom is 0.309 e. The number of rotatable bonds is 5. The molecule has 1 saturated heterocycles. The Morgan fingerprint density at radius 2 is 1.65 bits per heavy atom. The van der Waals surface area contributed by atoms with Gasteiger partial charge in [-0.1, -0.05) is 19.3 Å². The highest BCUT2D eigenvalue weighted by atomic mass is 32.2. The van der Waals surface area contributed by atoms with E-state index in [-0.39, 0.29) is 17.6 Å². The normalized spacial score (nSPS) is 19.4. The molecule has 0 radical (unpaired) electrons. The Kier molecular flexibility index (Phi) is 6.06. The Morgan fingerprint density at radius 3 is 2.23 bits per heavy atom. The molecule has 1 aromatic rings. The number of amides is 1. The summed E-state index contributed by atoms with van der Waals surface area (Å²) in [5, 5.41) is 0. The van der Waals surface area contributed by atoms with Gasteiger partial charge in [0.15, 0.2) is 0 Å². The first-order valence-corrected chi connectivity index (χ1v) is 11.0. The fraction of sp³-hybridized carbons (Fsp3) is 0.632. The summed E-state index contributed by atoms with van der Waals surface area (Å²) in [4.78, 5) is 15.4. The van der Waals surface area contributed by atoms with Crippen LogP contribution in [0.15, 0.2) is 24.3 Å². The number of piperazine rings is 1. The van der Waals surface area contributed by atoms with Crippen molar-refractivity contribution in [2.45, 2.75) is 39.0 Å². The van der Waals surface area contributed by atoms with Crippen molar-refractivity contribution < 1.29 is 17.4 Å².